The molecule has 1 atom stereocenters. The van der Waals surface area contributed by atoms with Crippen LogP contribution in [0.4, 0.5) is 26.3 Å². The summed E-state index contributed by atoms with van der Waals surface area (Å²) in [6.07, 6.45) is -8.42. The van der Waals surface area contributed by atoms with Crippen LogP contribution >= 0.6 is 0 Å². The summed E-state index contributed by atoms with van der Waals surface area (Å²) in [5, 5.41) is 9.12. The van der Waals surface area contributed by atoms with Crippen molar-refractivity contribution in [2.24, 2.45) is 4.99 Å². The van der Waals surface area contributed by atoms with Crippen LogP contribution < -0.4 is 0 Å². The lowest BCUT2D eigenvalue weighted by molar-refractivity contribution is -0.143. The van der Waals surface area contributed by atoms with E-state index in [9.17, 15) is 31.1 Å². The molecule has 1 aromatic rings. The minimum Gasteiger partial charge on any atom is -0.479 e. The maximum atomic E-state index is 12.7. The van der Waals surface area contributed by atoms with Gasteiger partial charge in [-0.05, 0) is 30.2 Å². The highest BCUT2D eigenvalue weighted by atomic mass is 19.4. The quantitative estimate of drug-likeness (QED) is 0.479. The largest absolute Gasteiger partial charge is 0.479 e. The second kappa shape index (κ2) is 6.66. The number of hydrogen-bond acceptors (Lipinski definition) is 2. The Balaban J connectivity index is 3.46. The molecular weight excluding hydrogens is 340 g/mol. The number of alkyl halides is 6. The van der Waals surface area contributed by atoms with Crippen molar-refractivity contribution in [3.05, 3.63) is 47.5 Å². The van der Waals surface area contributed by atoms with E-state index in [-0.39, 0.29) is 12.5 Å². The summed E-state index contributed by atoms with van der Waals surface area (Å²) in [6.45, 7) is 4.74. The average molecular weight is 353 g/mol. The van der Waals surface area contributed by atoms with Gasteiger partial charge in [-0.1, -0.05) is 13.0 Å². The van der Waals surface area contributed by atoms with Crippen LogP contribution in [0.15, 0.2) is 35.8 Å². The van der Waals surface area contributed by atoms with E-state index >= 15 is 0 Å². The Hall–Kier alpha value is -2.32. The first-order valence-corrected chi connectivity index (χ1v) is 6.57. The number of rotatable bonds is 5. The van der Waals surface area contributed by atoms with E-state index in [1.54, 1.807) is 0 Å². The molecule has 0 bridgehead atoms. The Morgan fingerprint density at radius 1 is 1.12 bits per heavy atom. The number of nitrogens with zero attached hydrogens (tertiary/aromatic N) is 1. The maximum absolute atomic E-state index is 12.7. The van der Waals surface area contributed by atoms with Gasteiger partial charge < -0.3 is 5.11 Å². The molecule has 0 fully saturated rings. The Bertz CT molecular complexity index is 631. The number of carboxylic acids is 1. The zero-order chi connectivity index (χ0) is 18.8. The van der Waals surface area contributed by atoms with Crippen molar-refractivity contribution in [3.8, 4) is 0 Å². The second-order valence-electron chi connectivity index (χ2n) is 4.88. The fraction of sp³-hybridized carbons (Fsp3) is 0.333. The number of aliphatic carboxylic acids is 1. The van der Waals surface area contributed by atoms with Gasteiger partial charge in [0, 0.05) is 6.21 Å². The van der Waals surface area contributed by atoms with Crippen molar-refractivity contribution in [2.75, 3.05) is 0 Å². The lowest BCUT2D eigenvalue weighted by atomic mass is 9.97. The normalized spacial score (nSPS) is 15.3. The fourth-order valence-corrected chi connectivity index (χ4v) is 1.83. The summed E-state index contributed by atoms with van der Waals surface area (Å²) >= 11 is 0. The fourth-order valence-electron chi connectivity index (χ4n) is 1.83. The van der Waals surface area contributed by atoms with Crippen LogP contribution in [0.1, 0.15) is 30.0 Å². The summed E-state index contributed by atoms with van der Waals surface area (Å²) in [5.74, 6) is -1.42. The summed E-state index contributed by atoms with van der Waals surface area (Å²) < 4.78 is 76.5. The van der Waals surface area contributed by atoms with Crippen LogP contribution in [0.5, 0.6) is 0 Å². The molecule has 0 saturated heterocycles. The van der Waals surface area contributed by atoms with Crippen molar-refractivity contribution in [1.29, 1.82) is 0 Å². The molecule has 0 aliphatic heterocycles. The molecule has 0 amide bonds. The molecule has 0 aliphatic carbocycles. The standard InChI is InChI=1S/C15H13F6NO2/c1-3-13(4-2,12(23)24)22-8-9-5-10(14(16,17)18)7-11(6-9)15(19,20)21/h3,5-8H,1,4H2,2H3,(H,23,24). The van der Waals surface area contributed by atoms with E-state index in [0.717, 1.165) is 6.08 Å². The van der Waals surface area contributed by atoms with Gasteiger partial charge in [0.2, 0.25) is 0 Å². The van der Waals surface area contributed by atoms with Gasteiger partial charge in [0.15, 0.2) is 5.54 Å². The number of halogens is 6. The zero-order valence-corrected chi connectivity index (χ0v) is 12.4. The van der Waals surface area contributed by atoms with E-state index in [4.69, 9.17) is 5.11 Å². The number of hydrogen-bond donors (Lipinski definition) is 1. The Morgan fingerprint density at radius 2 is 1.58 bits per heavy atom. The first kappa shape index (κ1) is 19.7. The van der Waals surface area contributed by atoms with Crippen molar-refractivity contribution < 1.29 is 36.2 Å². The van der Waals surface area contributed by atoms with E-state index in [1.165, 1.54) is 6.92 Å². The van der Waals surface area contributed by atoms with Crippen LogP contribution in [0.25, 0.3) is 0 Å². The molecule has 0 radical (unpaired) electrons. The van der Waals surface area contributed by atoms with Crippen LogP contribution in [0, 0.1) is 0 Å². The highest BCUT2D eigenvalue weighted by Crippen LogP contribution is 2.36. The van der Waals surface area contributed by atoms with Gasteiger partial charge in [0.25, 0.3) is 0 Å². The van der Waals surface area contributed by atoms with Crippen LogP contribution in [0.3, 0.4) is 0 Å². The minimum absolute atomic E-state index is 0.0187. The van der Waals surface area contributed by atoms with Gasteiger partial charge in [-0.2, -0.15) is 26.3 Å². The molecule has 9 heteroatoms. The monoisotopic (exact) mass is 353 g/mol. The average Bonchev–Trinajstić information content (AvgIpc) is 2.46. The van der Waals surface area contributed by atoms with Gasteiger partial charge in [0.05, 0.1) is 11.1 Å². The number of carbonyl (C=O) groups is 1. The van der Waals surface area contributed by atoms with Crippen molar-refractivity contribution >= 4 is 12.2 Å². The van der Waals surface area contributed by atoms with Crippen LogP contribution in [-0.2, 0) is 17.1 Å². The third-order valence-electron chi connectivity index (χ3n) is 3.30. The molecule has 1 unspecified atom stereocenters. The molecule has 1 aromatic carbocycles. The maximum Gasteiger partial charge on any atom is 0.416 e. The molecule has 1 rings (SSSR count). The topological polar surface area (TPSA) is 49.7 Å². The summed E-state index contributed by atoms with van der Waals surface area (Å²) in [6, 6.07) is 0.906. The highest BCUT2D eigenvalue weighted by molar-refractivity contribution is 5.87. The van der Waals surface area contributed by atoms with Gasteiger partial charge in [-0.3, -0.25) is 4.99 Å². The molecule has 0 aromatic heterocycles. The molecule has 132 valence electrons. The van der Waals surface area contributed by atoms with E-state index in [0.29, 0.717) is 18.3 Å². The molecule has 24 heavy (non-hydrogen) atoms. The third kappa shape index (κ3) is 4.36. The SMILES string of the molecule is C=CC(CC)(N=Cc1cc(C(F)(F)F)cc(C(F)(F)F)c1)C(=O)O. The highest BCUT2D eigenvalue weighted by Gasteiger charge is 2.37. The first-order valence-electron chi connectivity index (χ1n) is 6.57. The van der Waals surface area contributed by atoms with Gasteiger partial charge in [-0.25, -0.2) is 4.79 Å². The van der Waals surface area contributed by atoms with E-state index in [2.05, 4.69) is 11.6 Å². The number of aliphatic imine (C=N–C) groups is 1. The first-order chi connectivity index (χ1) is 10.9. The van der Waals surface area contributed by atoms with Crippen molar-refractivity contribution in [1.82, 2.24) is 0 Å². The van der Waals surface area contributed by atoms with Crippen molar-refractivity contribution in [2.45, 2.75) is 31.2 Å². The molecule has 0 saturated carbocycles. The van der Waals surface area contributed by atoms with Crippen LogP contribution in [-0.4, -0.2) is 22.8 Å². The summed E-state index contributed by atoms with van der Waals surface area (Å²) in [7, 11) is 0. The molecule has 0 spiro atoms. The van der Waals surface area contributed by atoms with Gasteiger partial charge >= 0.3 is 18.3 Å². The van der Waals surface area contributed by atoms with Gasteiger partial charge in [0.1, 0.15) is 0 Å². The van der Waals surface area contributed by atoms with Gasteiger partial charge in [-0.15, -0.1) is 6.58 Å². The molecule has 3 nitrogen and oxygen atoms in total. The molecule has 0 aliphatic rings. The van der Waals surface area contributed by atoms with Crippen LogP contribution in [0.2, 0.25) is 0 Å². The number of benzene rings is 1. The Kier molecular flexibility index (Phi) is 5.47. The minimum atomic E-state index is -4.99. The third-order valence-corrected chi connectivity index (χ3v) is 3.30. The Morgan fingerprint density at radius 3 is 1.88 bits per heavy atom. The second-order valence-corrected chi connectivity index (χ2v) is 4.88. The predicted molar refractivity (Wildman–Crippen MR) is 74.9 cm³/mol. The van der Waals surface area contributed by atoms with Crippen molar-refractivity contribution in [3.63, 3.8) is 0 Å². The molecule has 0 heterocycles. The number of carboxylic acid groups (broad SMARTS) is 1. The predicted octanol–water partition coefficient (Wildman–Crippen LogP) is 4.56. The zero-order valence-electron chi connectivity index (χ0n) is 12.4. The summed E-state index contributed by atoms with van der Waals surface area (Å²) in [5.41, 5.74) is -5.35. The smallest absolute Gasteiger partial charge is 0.416 e. The van der Waals surface area contributed by atoms with E-state index < -0.39 is 40.6 Å². The lowest BCUT2D eigenvalue weighted by Gasteiger charge is -2.19. The summed E-state index contributed by atoms with van der Waals surface area (Å²) in [4.78, 5) is 14.8. The Labute approximate surface area is 133 Å². The molecule has 1 N–H and O–H groups in total. The molecular formula is C15H13F6NO2. The lowest BCUT2D eigenvalue weighted by Crippen LogP contribution is -2.33. The van der Waals surface area contributed by atoms with E-state index in [1.807, 2.05) is 0 Å².